The Bertz CT molecular complexity index is 1490. The van der Waals surface area contributed by atoms with Gasteiger partial charge in [-0.2, -0.15) is 4.31 Å². The molecule has 11 heteroatoms. The lowest BCUT2D eigenvalue weighted by Gasteiger charge is -2.34. The molecule has 10 nitrogen and oxygen atoms in total. The molecule has 2 aromatic carbocycles. The molecule has 0 aliphatic carbocycles. The first-order chi connectivity index (χ1) is 16.8. The van der Waals surface area contributed by atoms with E-state index in [9.17, 15) is 22.8 Å². The summed E-state index contributed by atoms with van der Waals surface area (Å²) < 4.78 is 38.6. The molecule has 0 bridgehead atoms. The lowest BCUT2D eigenvalue weighted by molar-refractivity contribution is -0.123. The number of sulfonamides is 1. The number of fused-ring (bicyclic) bond motifs is 2. The van der Waals surface area contributed by atoms with Gasteiger partial charge in [0.15, 0.2) is 6.10 Å². The van der Waals surface area contributed by atoms with Crippen LogP contribution in [0.5, 0.6) is 5.75 Å². The van der Waals surface area contributed by atoms with Crippen LogP contribution in [0.3, 0.4) is 0 Å². The topological polar surface area (TPSA) is 126 Å². The van der Waals surface area contributed by atoms with E-state index in [2.05, 4.69) is 5.32 Å². The number of hydrogen-bond acceptors (Lipinski definition) is 7. The predicted molar refractivity (Wildman–Crippen MR) is 127 cm³/mol. The second kappa shape index (κ2) is 8.82. The van der Waals surface area contributed by atoms with E-state index in [4.69, 9.17) is 9.15 Å². The van der Waals surface area contributed by atoms with Crippen LogP contribution in [0.2, 0.25) is 0 Å². The number of para-hydroxylation sites is 1. The Morgan fingerprint density at radius 2 is 1.80 bits per heavy atom. The van der Waals surface area contributed by atoms with Gasteiger partial charge in [0.25, 0.3) is 11.8 Å². The van der Waals surface area contributed by atoms with Crippen LogP contribution in [-0.4, -0.2) is 61.7 Å². The van der Waals surface area contributed by atoms with E-state index in [-0.39, 0.29) is 42.5 Å². The number of nitrogens with zero attached hydrogens (tertiary/aromatic N) is 2. The smallest absolute Gasteiger partial charge is 0.349 e. The van der Waals surface area contributed by atoms with E-state index in [0.717, 1.165) is 0 Å². The lowest BCUT2D eigenvalue weighted by atomic mass is 10.1. The normalized spacial score (nSPS) is 18.6. The van der Waals surface area contributed by atoms with Crippen molar-refractivity contribution >= 4 is 38.5 Å². The Labute approximate surface area is 201 Å². The molecular formula is C24H23N3O7S. The summed E-state index contributed by atoms with van der Waals surface area (Å²) in [5, 5.41) is 3.33. The van der Waals surface area contributed by atoms with Gasteiger partial charge in [0, 0.05) is 31.6 Å². The number of hydrogen-bond donors (Lipinski definition) is 1. The molecule has 5 rings (SSSR count). The van der Waals surface area contributed by atoms with Gasteiger partial charge in [-0.3, -0.25) is 9.59 Å². The molecule has 2 amide bonds. The average Bonchev–Trinajstić information content (AvgIpc) is 2.87. The third-order valence-electron chi connectivity index (χ3n) is 6.18. The van der Waals surface area contributed by atoms with E-state index in [0.29, 0.717) is 28.8 Å². The van der Waals surface area contributed by atoms with Crippen molar-refractivity contribution in [2.24, 2.45) is 0 Å². The Kier molecular flexibility index (Phi) is 5.81. The summed E-state index contributed by atoms with van der Waals surface area (Å²) in [5.41, 5.74) is -0.123. The lowest BCUT2D eigenvalue weighted by Crippen LogP contribution is -2.51. The molecule has 0 radical (unpaired) electrons. The Morgan fingerprint density at radius 1 is 1.06 bits per heavy atom. The van der Waals surface area contributed by atoms with Crippen molar-refractivity contribution in [1.82, 2.24) is 9.21 Å². The van der Waals surface area contributed by atoms with Crippen molar-refractivity contribution in [1.29, 1.82) is 0 Å². The summed E-state index contributed by atoms with van der Waals surface area (Å²) in [4.78, 5) is 38.9. The second-order valence-corrected chi connectivity index (χ2v) is 10.3. The van der Waals surface area contributed by atoms with Gasteiger partial charge in [-0.15, -0.1) is 0 Å². The molecule has 1 fully saturated rings. The average molecular weight is 498 g/mol. The van der Waals surface area contributed by atoms with E-state index < -0.39 is 27.7 Å². The van der Waals surface area contributed by atoms with E-state index in [1.165, 1.54) is 33.5 Å². The van der Waals surface area contributed by atoms with Crippen molar-refractivity contribution in [3.8, 4) is 5.75 Å². The van der Waals surface area contributed by atoms with Crippen molar-refractivity contribution in [2.45, 2.75) is 24.3 Å². The molecule has 0 spiro atoms. The molecule has 1 atom stereocenters. The minimum Gasteiger partial charge on any atom is -0.478 e. The highest BCUT2D eigenvalue weighted by Gasteiger charge is 2.33. The van der Waals surface area contributed by atoms with Gasteiger partial charge in [0.2, 0.25) is 10.0 Å². The molecule has 1 aromatic heterocycles. The van der Waals surface area contributed by atoms with Crippen molar-refractivity contribution in [3.05, 3.63) is 64.5 Å². The van der Waals surface area contributed by atoms with E-state index >= 15 is 0 Å². The van der Waals surface area contributed by atoms with Gasteiger partial charge < -0.3 is 19.4 Å². The summed E-state index contributed by atoms with van der Waals surface area (Å²) in [6, 6.07) is 12.8. The maximum atomic E-state index is 13.2. The second-order valence-electron chi connectivity index (χ2n) is 8.34. The molecule has 0 saturated carbocycles. The van der Waals surface area contributed by atoms with Crippen LogP contribution in [-0.2, 0) is 14.8 Å². The van der Waals surface area contributed by atoms with Crippen LogP contribution >= 0.6 is 0 Å². The SMILES string of the molecule is CC[C@H]1Oc2ccc(S(=O)(=O)N3CCN(C(=O)c4cc5ccccc5oc4=O)CC3)cc2NC1=O. The number of piperazine rings is 1. The summed E-state index contributed by atoms with van der Waals surface area (Å²) in [6.07, 6.45) is -0.115. The first-order valence-electron chi connectivity index (χ1n) is 11.2. The van der Waals surface area contributed by atoms with Crippen LogP contribution in [0.25, 0.3) is 11.0 Å². The van der Waals surface area contributed by atoms with Gasteiger partial charge >= 0.3 is 5.63 Å². The zero-order valence-corrected chi connectivity index (χ0v) is 19.7. The fourth-order valence-electron chi connectivity index (χ4n) is 4.22. The third kappa shape index (κ3) is 4.17. The number of amides is 2. The van der Waals surface area contributed by atoms with Crippen LogP contribution in [0.4, 0.5) is 5.69 Å². The standard InChI is InChI=1S/C24H23N3O7S/c1-2-19-22(28)25-18-14-16(7-8-21(18)33-19)35(31,32)27-11-9-26(10-12-27)23(29)17-13-15-5-3-4-6-20(15)34-24(17)30/h3-8,13-14,19H,2,9-12H2,1H3,(H,25,28)/t19-/m1/s1. The van der Waals surface area contributed by atoms with E-state index in [1.807, 2.05) is 6.92 Å². The molecule has 35 heavy (non-hydrogen) atoms. The molecule has 1 N–H and O–H groups in total. The first kappa shape index (κ1) is 23.1. The fraction of sp³-hybridized carbons (Fsp3) is 0.292. The predicted octanol–water partition coefficient (Wildman–Crippen LogP) is 2.05. The van der Waals surface area contributed by atoms with Crippen molar-refractivity contribution in [3.63, 3.8) is 0 Å². The Balaban J connectivity index is 1.31. The number of carbonyl (C=O) groups is 2. The number of carbonyl (C=O) groups excluding carboxylic acids is 2. The van der Waals surface area contributed by atoms with Gasteiger partial charge in [-0.25, -0.2) is 13.2 Å². The van der Waals surface area contributed by atoms with Crippen LogP contribution < -0.4 is 15.7 Å². The monoisotopic (exact) mass is 497 g/mol. The summed E-state index contributed by atoms with van der Waals surface area (Å²) in [7, 11) is -3.87. The Hall–Kier alpha value is -3.70. The number of benzene rings is 2. The maximum Gasteiger partial charge on any atom is 0.349 e. The molecular weight excluding hydrogens is 474 g/mol. The summed E-state index contributed by atoms with van der Waals surface area (Å²) in [6.45, 7) is 2.18. The number of ether oxygens (including phenoxy) is 1. The molecule has 2 aliphatic heterocycles. The fourth-order valence-corrected chi connectivity index (χ4v) is 5.67. The highest BCUT2D eigenvalue weighted by atomic mass is 32.2. The maximum absolute atomic E-state index is 13.2. The molecule has 182 valence electrons. The quantitative estimate of drug-likeness (QED) is 0.547. The van der Waals surface area contributed by atoms with Gasteiger partial charge in [-0.1, -0.05) is 25.1 Å². The van der Waals surface area contributed by atoms with E-state index in [1.54, 1.807) is 24.3 Å². The van der Waals surface area contributed by atoms with Crippen LogP contribution in [0, 0.1) is 0 Å². The van der Waals surface area contributed by atoms with Gasteiger partial charge in [0.1, 0.15) is 16.9 Å². The number of rotatable bonds is 4. The largest absolute Gasteiger partial charge is 0.478 e. The minimum absolute atomic E-state index is 0.0186. The third-order valence-corrected chi connectivity index (χ3v) is 8.07. The molecule has 3 aromatic rings. The van der Waals surface area contributed by atoms with Crippen LogP contribution in [0.1, 0.15) is 23.7 Å². The highest BCUT2D eigenvalue weighted by Crippen LogP contribution is 2.33. The van der Waals surface area contributed by atoms with Crippen LogP contribution in [0.15, 0.2) is 62.6 Å². The summed E-state index contributed by atoms with van der Waals surface area (Å²) in [5.74, 6) is -0.402. The molecule has 2 aliphatic rings. The van der Waals surface area contributed by atoms with Crippen molar-refractivity contribution < 1.29 is 27.2 Å². The zero-order valence-electron chi connectivity index (χ0n) is 18.9. The number of anilines is 1. The Morgan fingerprint density at radius 3 is 2.54 bits per heavy atom. The van der Waals surface area contributed by atoms with Gasteiger partial charge in [0.05, 0.1) is 10.6 Å². The van der Waals surface area contributed by atoms with Gasteiger partial charge in [-0.05, 0) is 36.8 Å². The number of nitrogens with one attached hydrogen (secondary N) is 1. The molecule has 0 unspecified atom stereocenters. The minimum atomic E-state index is -3.87. The zero-order chi connectivity index (χ0) is 24.7. The molecule has 1 saturated heterocycles. The first-order valence-corrected chi connectivity index (χ1v) is 12.7. The highest BCUT2D eigenvalue weighted by molar-refractivity contribution is 7.89. The van der Waals surface area contributed by atoms with Crippen molar-refractivity contribution in [2.75, 3.05) is 31.5 Å². The summed E-state index contributed by atoms with van der Waals surface area (Å²) >= 11 is 0. The molecule has 3 heterocycles.